The van der Waals surface area contributed by atoms with E-state index in [0.29, 0.717) is 5.56 Å². The maximum Gasteiger partial charge on any atom is 0.236 e. The lowest BCUT2D eigenvalue weighted by molar-refractivity contribution is -0.123. The first-order valence-corrected chi connectivity index (χ1v) is 5.37. The van der Waals surface area contributed by atoms with Crippen LogP contribution in [0, 0.1) is 0 Å². The molecule has 17 heavy (non-hydrogen) atoms. The zero-order valence-corrected chi connectivity index (χ0v) is 9.26. The highest BCUT2D eigenvalue weighted by Crippen LogP contribution is 2.22. The molecule has 4 nitrogen and oxygen atoms in total. The van der Waals surface area contributed by atoms with E-state index in [9.17, 15) is 9.90 Å². The second kappa shape index (κ2) is 4.95. The lowest BCUT2D eigenvalue weighted by Crippen LogP contribution is -2.31. The third-order valence-corrected chi connectivity index (χ3v) is 2.70. The minimum atomic E-state index is -0.830. The fraction of sp³-hybridized carbons (Fsp3) is 0.154. The van der Waals surface area contributed by atoms with E-state index in [1.165, 1.54) is 0 Å². The Balaban J connectivity index is 2.26. The second-order valence-electron chi connectivity index (χ2n) is 3.89. The molecule has 0 aliphatic carbocycles. The van der Waals surface area contributed by atoms with Crippen LogP contribution in [-0.4, -0.2) is 11.0 Å². The predicted molar refractivity (Wildman–Crippen MR) is 65.9 cm³/mol. The van der Waals surface area contributed by atoms with Gasteiger partial charge in [0.1, 0.15) is 0 Å². The standard InChI is InChI=1S/C13H14N2O2/c14-15-13(17)8-12(16)11-6-5-9-3-1-2-4-10(9)7-11/h1-7,12,16H,8,14H2,(H,15,17)/t12-/m0/s1. The predicted octanol–water partition coefficient (Wildman–Crippen LogP) is 1.25. The molecule has 0 heterocycles. The van der Waals surface area contributed by atoms with Gasteiger partial charge in [-0.15, -0.1) is 0 Å². The van der Waals surface area contributed by atoms with Gasteiger partial charge in [0.2, 0.25) is 5.91 Å². The van der Waals surface area contributed by atoms with E-state index in [1.54, 1.807) is 0 Å². The van der Waals surface area contributed by atoms with E-state index in [1.807, 2.05) is 47.9 Å². The Morgan fingerprint density at radius 3 is 2.65 bits per heavy atom. The summed E-state index contributed by atoms with van der Waals surface area (Å²) in [7, 11) is 0. The number of rotatable bonds is 3. The molecular formula is C13H14N2O2. The molecule has 0 aromatic heterocycles. The van der Waals surface area contributed by atoms with Crippen molar-refractivity contribution in [2.24, 2.45) is 5.84 Å². The van der Waals surface area contributed by atoms with E-state index < -0.39 is 6.10 Å². The largest absolute Gasteiger partial charge is 0.388 e. The molecule has 4 N–H and O–H groups in total. The maximum atomic E-state index is 11.1. The molecule has 0 saturated carbocycles. The zero-order valence-electron chi connectivity index (χ0n) is 9.26. The van der Waals surface area contributed by atoms with E-state index in [2.05, 4.69) is 0 Å². The van der Waals surface area contributed by atoms with Crippen molar-refractivity contribution in [1.29, 1.82) is 0 Å². The van der Waals surface area contributed by atoms with Crippen molar-refractivity contribution >= 4 is 16.7 Å². The number of nitrogens with one attached hydrogen (secondary N) is 1. The normalized spacial score (nSPS) is 12.4. The number of aliphatic hydroxyl groups is 1. The highest BCUT2D eigenvalue weighted by atomic mass is 16.3. The number of hydrogen-bond donors (Lipinski definition) is 3. The van der Waals surface area contributed by atoms with E-state index >= 15 is 0 Å². The molecule has 2 aromatic rings. The summed E-state index contributed by atoms with van der Waals surface area (Å²) in [6.07, 6.45) is -0.863. The summed E-state index contributed by atoms with van der Waals surface area (Å²) >= 11 is 0. The van der Waals surface area contributed by atoms with E-state index in [-0.39, 0.29) is 12.3 Å². The van der Waals surface area contributed by atoms with Crippen LogP contribution < -0.4 is 11.3 Å². The molecule has 88 valence electrons. The summed E-state index contributed by atoms with van der Waals surface area (Å²) in [6.45, 7) is 0. The SMILES string of the molecule is NNC(=O)C[C@H](O)c1ccc2ccccc2c1. The third-order valence-electron chi connectivity index (χ3n) is 2.70. The average Bonchev–Trinajstić information content (AvgIpc) is 2.38. The smallest absolute Gasteiger partial charge is 0.236 e. The molecule has 0 aliphatic rings. The molecule has 1 amide bonds. The molecule has 0 spiro atoms. The number of hydrogen-bond acceptors (Lipinski definition) is 3. The zero-order chi connectivity index (χ0) is 12.3. The molecule has 0 aliphatic heterocycles. The number of benzene rings is 2. The highest BCUT2D eigenvalue weighted by Gasteiger charge is 2.12. The van der Waals surface area contributed by atoms with Gasteiger partial charge >= 0.3 is 0 Å². The van der Waals surface area contributed by atoms with Crippen molar-refractivity contribution < 1.29 is 9.90 Å². The van der Waals surface area contributed by atoms with E-state index in [4.69, 9.17) is 5.84 Å². The molecule has 2 aromatic carbocycles. The Bertz CT molecular complexity index is 540. The van der Waals surface area contributed by atoms with Crippen molar-refractivity contribution in [3.05, 3.63) is 48.0 Å². The number of fused-ring (bicyclic) bond motifs is 1. The quantitative estimate of drug-likeness (QED) is 0.422. The van der Waals surface area contributed by atoms with Gasteiger partial charge in [-0.3, -0.25) is 10.2 Å². The van der Waals surface area contributed by atoms with Gasteiger partial charge in [-0.05, 0) is 22.4 Å². The average molecular weight is 230 g/mol. The van der Waals surface area contributed by atoms with Crippen molar-refractivity contribution in [2.45, 2.75) is 12.5 Å². The number of carbonyl (C=O) groups excluding carboxylic acids is 1. The monoisotopic (exact) mass is 230 g/mol. The highest BCUT2D eigenvalue weighted by molar-refractivity contribution is 5.83. The topological polar surface area (TPSA) is 75.3 Å². The van der Waals surface area contributed by atoms with Gasteiger partial charge in [0, 0.05) is 0 Å². The second-order valence-corrected chi connectivity index (χ2v) is 3.89. The van der Waals surface area contributed by atoms with Crippen molar-refractivity contribution in [3.63, 3.8) is 0 Å². The fourth-order valence-corrected chi connectivity index (χ4v) is 1.77. The third kappa shape index (κ3) is 2.61. The number of nitrogens with two attached hydrogens (primary N) is 1. The van der Waals surface area contributed by atoms with Crippen LogP contribution in [0.2, 0.25) is 0 Å². The molecule has 0 unspecified atom stereocenters. The number of amides is 1. The molecule has 0 fully saturated rings. The van der Waals surface area contributed by atoms with Gasteiger partial charge in [0.05, 0.1) is 12.5 Å². The van der Waals surface area contributed by atoms with Gasteiger partial charge in [-0.2, -0.15) is 0 Å². The van der Waals surface area contributed by atoms with Crippen LogP contribution in [-0.2, 0) is 4.79 Å². The van der Waals surface area contributed by atoms with Gasteiger partial charge in [-0.25, -0.2) is 5.84 Å². The van der Waals surface area contributed by atoms with Gasteiger partial charge in [0.25, 0.3) is 0 Å². The molecule has 0 bridgehead atoms. The van der Waals surface area contributed by atoms with Crippen LogP contribution in [0.15, 0.2) is 42.5 Å². The minimum absolute atomic E-state index is 0.0329. The Kier molecular flexibility index (Phi) is 3.37. The summed E-state index contributed by atoms with van der Waals surface area (Å²) in [5.74, 6) is 4.59. The van der Waals surface area contributed by atoms with Crippen LogP contribution in [0.5, 0.6) is 0 Å². The summed E-state index contributed by atoms with van der Waals surface area (Å²) in [6, 6.07) is 13.5. The Labute approximate surface area is 99.0 Å². The first kappa shape index (κ1) is 11.6. The Morgan fingerprint density at radius 2 is 1.94 bits per heavy atom. The van der Waals surface area contributed by atoms with Crippen molar-refractivity contribution in [3.8, 4) is 0 Å². The number of aliphatic hydroxyl groups excluding tert-OH is 1. The summed E-state index contributed by atoms with van der Waals surface area (Å²) < 4.78 is 0. The fourth-order valence-electron chi connectivity index (χ4n) is 1.77. The number of hydrazine groups is 1. The molecule has 0 saturated heterocycles. The van der Waals surface area contributed by atoms with Crippen molar-refractivity contribution in [1.82, 2.24) is 5.43 Å². The first-order chi connectivity index (χ1) is 8.20. The molecule has 2 rings (SSSR count). The van der Waals surface area contributed by atoms with E-state index in [0.717, 1.165) is 10.8 Å². The van der Waals surface area contributed by atoms with Gasteiger partial charge in [0.15, 0.2) is 0 Å². The van der Waals surface area contributed by atoms with Crippen LogP contribution in [0.4, 0.5) is 0 Å². The molecule has 1 atom stereocenters. The van der Waals surface area contributed by atoms with Crippen LogP contribution in [0.3, 0.4) is 0 Å². The van der Waals surface area contributed by atoms with Crippen molar-refractivity contribution in [2.75, 3.05) is 0 Å². The minimum Gasteiger partial charge on any atom is -0.388 e. The Morgan fingerprint density at radius 1 is 1.24 bits per heavy atom. The van der Waals surface area contributed by atoms with Crippen LogP contribution in [0.1, 0.15) is 18.1 Å². The lowest BCUT2D eigenvalue weighted by Gasteiger charge is -2.10. The Hall–Kier alpha value is -1.91. The van der Waals surface area contributed by atoms with Crippen LogP contribution in [0.25, 0.3) is 10.8 Å². The van der Waals surface area contributed by atoms with Crippen LogP contribution >= 0.6 is 0 Å². The summed E-state index contributed by atoms with van der Waals surface area (Å²) in [5.41, 5.74) is 2.72. The van der Waals surface area contributed by atoms with Gasteiger partial charge in [-0.1, -0.05) is 36.4 Å². The summed E-state index contributed by atoms with van der Waals surface area (Å²) in [4.78, 5) is 11.1. The molecule has 0 radical (unpaired) electrons. The summed E-state index contributed by atoms with van der Waals surface area (Å²) in [5, 5.41) is 12.0. The molecular weight excluding hydrogens is 216 g/mol. The number of carbonyl (C=O) groups is 1. The maximum absolute atomic E-state index is 11.1. The lowest BCUT2D eigenvalue weighted by atomic mass is 10.0. The van der Waals surface area contributed by atoms with Gasteiger partial charge < -0.3 is 5.11 Å². The molecule has 4 heteroatoms. The first-order valence-electron chi connectivity index (χ1n) is 5.37.